The summed E-state index contributed by atoms with van der Waals surface area (Å²) in [5.41, 5.74) is 0.182. The van der Waals surface area contributed by atoms with E-state index in [1.807, 2.05) is 12.2 Å². The van der Waals surface area contributed by atoms with Crippen LogP contribution in [-0.4, -0.2) is 5.78 Å². The van der Waals surface area contributed by atoms with Crippen LogP contribution in [0, 0.1) is 11.3 Å². The van der Waals surface area contributed by atoms with Crippen LogP contribution in [0.4, 0.5) is 0 Å². The van der Waals surface area contributed by atoms with Crippen LogP contribution in [0.5, 0.6) is 0 Å². The fraction of sp³-hybridized carbons (Fsp3) is 0.545. The molecule has 1 unspecified atom stereocenters. The highest BCUT2D eigenvalue weighted by Crippen LogP contribution is 2.33. The summed E-state index contributed by atoms with van der Waals surface area (Å²) in [5, 5.41) is 0. The molecule has 0 spiro atoms. The van der Waals surface area contributed by atoms with Gasteiger partial charge in [-0.15, -0.1) is 6.58 Å². The van der Waals surface area contributed by atoms with Crippen LogP contribution in [0.15, 0.2) is 24.8 Å². The predicted molar refractivity (Wildman–Crippen MR) is 50.8 cm³/mol. The van der Waals surface area contributed by atoms with E-state index in [4.69, 9.17) is 0 Å². The van der Waals surface area contributed by atoms with Crippen LogP contribution in [0.25, 0.3) is 0 Å². The van der Waals surface area contributed by atoms with E-state index < -0.39 is 0 Å². The van der Waals surface area contributed by atoms with Crippen molar-refractivity contribution in [3.8, 4) is 0 Å². The minimum atomic E-state index is 0.169. The van der Waals surface area contributed by atoms with E-state index in [0.717, 1.165) is 12.8 Å². The minimum Gasteiger partial charge on any atom is -0.295 e. The molecule has 0 heterocycles. The molecule has 1 aliphatic carbocycles. The van der Waals surface area contributed by atoms with Crippen molar-refractivity contribution in [1.29, 1.82) is 0 Å². The Hall–Kier alpha value is -0.850. The third-order valence-corrected chi connectivity index (χ3v) is 2.32. The Bertz CT molecular complexity index is 223. The molecule has 0 saturated heterocycles. The summed E-state index contributed by atoms with van der Waals surface area (Å²) in [6.45, 7) is 7.98. The zero-order valence-electron chi connectivity index (χ0n) is 7.84. The van der Waals surface area contributed by atoms with Crippen LogP contribution in [0.1, 0.15) is 26.7 Å². The molecule has 1 atom stereocenters. The fourth-order valence-electron chi connectivity index (χ4n) is 1.65. The summed E-state index contributed by atoms with van der Waals surface area (Å²) >= 11 is 0. The van der Waals surface area contributed by atoms with E-state index in [2.05, 4.69) is 20.4 Å². The first kappa shape index (κ1) is 9.24. The number of carbonyl (C=O) groups excluding carboxylic acids is 1. The zero-order valence-corrected chi connectivity index (χ0v) is 7.84. The molecule has 0 saturated carbocycles. The second kappa shape index (κ2) is 3.26. The number of allylic oxidation sites excluding steroid dienone is 3. The molecular weight excluding hydrogens is 148 g/mol. The molecule has 1 heteroatoms. The molecule has 0 aliphatic heterocycles. The van der Waals surface area contributed by atoms with Crippen molar-refractivity contribution in [1.82, 2.24) is 0 Å². The number of ketones is 1. The van der Waals surface area contributed by atoms with Gasteiger partial charge in [0, 0.05) is 5.92 Å². The number of rotatable bonds is 2. The third kappa shape index (κ3) is 2.07. The number of hydrogen-bond donors (Lipinski definition) is 0. The second-order valence-corrected chi connectivity index (χ2v) is 4.15. The lowest BCUT2D eigenvalue weighted by Gasteiger charge is -2.28. The quantitative estimate of drug-likeness (QED) is 0.573. The number of hydrogen-bond acceptors (Lipinski definition) is 1. The van der Waals surface area contributed by atoms with Gasteiger partial charge >= 0.3 is 0 Å². The van der Waals surface area contributed by atoms with E-state index in [-0.39, 0.29) is 17.1 Å². The van der Waals surface area contributed by atoms with Gasteiger partial charge < -0.3 is 0 Å². The van der Waals surface area contributed by atoms with Gasteiger partial charge in [-0.2, -0.15) is 0 Å². The molecular formula is C11H16O. The highest BCUT2D eigenvalue weighted by atomic mass is 16.1. The molecule has 1 rings (SSSR count). The smallest absolute Gasteiger partial charge is 0.158 e. The zero-order chi connectivity index (χ0) is 9.19. The van der Waals surface area contributed by atoms with E-state index in [0.29, 0.717) is 0 Å². The minimum absolute atomic E-state index is 0.169. The van der Waals surface area contributed by atoms with E-state index in [1.165, 1.54) is 0 Å². The second-order valence-electron chi connectivity index (χ2n) is 4.15. The number of carbonyl (C=O) groups is 1. The highest BCUT2D eigenvalue weighted by molar-refractivity contribution is 5.92. The third-order valence-electron chi connectivity index (χ3n) is 2.32. The Balaban J connectivity index is 2.73. The van der Waals surface area contributed by atoms with Crippen molar-refractivity contribution >= 4 is 5.78 Å². The van der Waals surface area contributed by atoms with Gasteiger partial charge in [-0.25, -0.2) is 0 Å². The lowest BCUT2D eigenvalue weighted by molar-refractivity contribution is -0.119. The molecule has 0 amide bonds. The Morgan fingerprint density at radius 2 is 2.42 bits per heavy atom. The summed E-state index contributed by atoms with van der Waals surface area (Å²) in [5.74, 6) is 0.428. The van der Waals surface area contributed by atoms with E-state index >= 15 is 0 Å². The average molecular weight is 164 g/mol. The van der Waals surface area contributed by atoms with E-state index in [1.54, 1.807) is 6.08 Å². The van der Waals surface area contributed by atoms with Crippen molar-refractivity contribution < 1.29 is 4.79 Å². The van der Waals surface area contributed by atoms with Gasteiger partial charge in [0.2, 0.25) is 0 Å². The summed E-state index contributed by atoms with van der Waals surface area (Å²) in [6, 6.07) is 0. The molecule has 1 aliphatic rings. The monoisotopic (exact) mass is 164 g/mol. The first-order valence-electron chi connectivity index (χ1n) is 4.39. The van der Waals surface area contributed by atoms with Crippen molar-refractivity contribution in [3.05, 3.63) is 24.8 Å². The van der Waals surface area contributed by atoms with Crippen LogP contribution in [0.3, 0.4) is 0 Å². The van der Waals surface area contributed by atoms with Crippen molar-refractivity contribution in [2.75, 3.05) is 0 Å². The summed E-state index contributed by atoms with van der Waals surface area (Å²) < 4.78 is 0. The molecule has 0 aromatic heterocycles. The molecule has 0 fully saturated rings. The molecule has 0 aromatic rings. The maximum atomic E-state index is 11.3. The van der Waals surface area contributed by atoms with E-state index in [9.17, 15) is 4.79 Å². The Morgan fingerprint density at radius 1 is 1.75 bits per heavy atom. The van der Waals surface area contributed by atoms with Crippen LogP contribution >= 0.6 is 0 Å². The van der Waals surface area contributed by atoms with Gasteiger partial charge in [-0.1, -0.05) is 26.0 Å². The highest BCUT2D eigenvalue weighted by Gasteiger charge is 2.28. The predicted octanol–water partition coefficient (Wildman–Crippen LogP) is 2.73. The van der Waals surface area contributed by atoms with Crippen molar-refractivity contribution in [2.45, 2.75) is 26.7 Å². The van der Waals surface area contributed by atoms with Gasteiger partial charge in [0.1, 0.15) is 0 Å². The van der Waals surface area contributed by atoms with Gasteiger partial charge in [-0.3, -0.25) is 4.79 Å². The topological polar surface area (TPSA) is 17.1 Å². The molecule has 66 valence electrons. The largest absolute Gasteiger partial charge is 0.295 e. The Morgan fingerprint density at radius 3 is 3.00 bits per heavy atom. The standard InChI is InChI=1S/C11H16O/c1-4-5-9-8-11(2,3)7-6-10(9)12/h4,6-7,9H,1,5,8H2,2-3H3. The molecule has 0 N–H and O–H groups in total. The van der Waals surface area contributed by atoms with Crippen LogP contribution in [-0.2, 0) is 4.79 Å². The lowest BCUT2D eigenvalue weighted by atomic mass is 9.75. The maximum Gasteiger partial charge on any atom is 0.158 e. The average Bonchev–Trinajstić information content (AvgIpc) is 1.97. The van der Waals surface area contributed by atoms with Gasteiger partial charge in [0.15, 0.2) is 5.78 Å². The first-order chi connectivity index (χ1) is 5.55. The van der Waals surface area contributed by atoms with Crippen molar-refractivity contribution in [2.24, 2.45) is 11.3 Å². The molecule has 12 heavy (non-hydrogen) atoms. The SMILES string of the molecule is C=CCC1CC(C)(C)C=CC1=O. The van der Waals surface area contributed by atoms with Crippen LogP contribution < -0.4 is 0 Å². The maximum absolute atomic E-state index is 11.3. The summed E-state index contributed by atoms with van der Waals surface area (Å²) in [4.78, 5) is 11.3. The fourth-order valence-corrected chi connectivity index (χ4v) is 1.65. The summed E-state index contributed by atoms with van der Waals surface area (Å²) in [7, 11) is 0. The van der Waals surface area contributed by atoms with Gasteiger partial charge in [-0.05, 0) is 24.3 Å². The van der Waals surface area contributed by atoms with Crippen molar-refractivity contribution in [3.63, 3.8) is 0 Å². The molecule has 0 bridgehead atoms. The molecule has 0 radical (unpaired) electrons. The molecule has 0 aromatic carbocycles. The van der Waals surface area contributed by atoms with Gasteiger partial charge in [0.05, 0.1) is 0 Å². The first-order valence-corrected chi connectivity index (χ1v) is 4.39. The summed E-state index contributed by atoms with van der Waals surface area (Å²) in [6.07, 6.45) is 7.32. The Labute approximate surface area is 74.2 Å². The normalized spacial score (nSPS) is 27.2. The van der Waals surface area contributed by atoms with Gasteiger partial charge in [0.25, 0.3) is 0 Å². The lowest BCUT2D eigenvalue weighted by Crippen LogP contribution is -2.25. The molecule has 1 nitrogen and oxygen atoms in total. The van der Waals surface area contributed by atoms with Crippen LogP contribution in [0.2, 0.25) is 0 Å². The Kier molecular flexibility index (Phi) is 2.51.